The lowest BCUT2D eigenvalue weighted by Gasteiger charge is -2.20. The van der Waals surface area contributed by atoms with Gasteiger partial charge in [-0.2, -0.15) is 0 Å². The van der Waals surface area contributed by atoms with Gasteiger partial charge in [-0.3, -0.25) is 10.1 Å². The highest BCUT2D eigenvalue weighted by Gasteiger charge is 2.18. The third-order valence-corrected chi connectivity index (χ3v) is 4.29. The molecule has 134 valence electrons. The molecule has 0 aliphatic rings. The average molecular weight is 360 g/mol. The number of benzene rings is 1. The molecule has 0 fully saturated rings. The molecule has 0 radical (unpaired) electrons. The van der Waals surface area contributed by atoms with Gasteiger partial charge in [0.2, 0.25) is 0 Å². The fourth-order valence-corrected chi connectivity index (χ4v) is 3.02. The molecule has 7 heteroatoms. The zero-order valence-electron chi connectivity index (χ0n) is 14.8. The zero-order valence-corrected chi connectivity index (χ0v) is 15.7. The Morgan fingerprint density at radius 3 is 2.32 bits per heavy atom. The first kappa shape index (κ1) is 18.9. The average Bonchev–Trinajstić information content (AvgIpc) is 3.04. The molecule has 0 saturated heterocycles. The molecule has 6 nitrogen and oxygen atoms in total. The van der Waals surface area contributed by atoms with E-state index >= 15 is 0 Å². The van der Waals surface area contributed by atoms with E-state index in [-0.39, 0.29) is 11.9 Å². The molecule has 1 aromatic carbocycles. The third-order valence-electron chi connectivity index (χ3n) is 3.53. The summed E-state index contributed by atoms with van der Waals surface area (Å²) in [5.41, 5.74) is 2.20. The molecule has 2 N–H and O–H groups in total. The number of nitrogens with one attached hydrogen (secondary N) is 2. The van der Waals surface area contributed by atoms with Crippen molar-refractivity contribution in [2.45, 2.75) is 33.6 Å². The Balaban J connectivity index is 1.96. The maximum atomic E-state index is 12.5. The summed E-state index contributed by atoms with van der Waals surface area (Å²) in [7, 11) is 0. The Bertz CT molecular complexity index is 706. The Hall–Kier alpha value is -2.41. The van der Waals surface area contributed by atoms with E-state index in [4.69, 9.17) is 0 Å². The SMILES string of the molecule is CCCN(CCC)C(=O)c1csc(NC(=O)Nc2ccc(C)cc2)n1. The Morgan fingerprint density at radius 2 is 1.72 bits per heavy atom. The summed E-state index contributed by atoms with van der Waals surface area (Å²) < 4.78 is 0. The number of hydrogen-bond donors (Lipinski definition) is 2. The number of amides is 3. The summed E-state index contributed by atoms with van der Waals surface area (Å²) in [5.74, 6) is -0.0908. The van der Waals surface area contributed by atoms with Gasteiger partial charge in [-0.05, 0) is 31.9 Å². The first-order chi connectivity index (χ1) is 12.0. The quantitative estimate of drug-likeness (QED) is 0.770. The standard InChI is InChI=1S/C18H24N4O2S/c1-4-10-22(11-5-2)16(23)15-12-25-18(20-15)21-17(24)19-14-8-6-13(3)7-9-14/h6-9,12H,4-5,10-11H2,1-3H3,(H2,19,20,21,24). The normalized spacial score (nSPS) is 10.4. The van der Waals surface area contributed by atoms with Gasteiger partial charge in [0.25, 0.3) is 5.91 Å². The van der Waals surface area contributed by atoms with Crippen LogP contribution in [-0.4, -0.2) is 34.9 Å². The summed E-state index contributed by atoms with van der Waals surface area (Å²) in [6.45, 7) is 7.48. The molecule has 0 bridgehead atoms. The third kappa shape index (κ3) is 5.56. The van der Waals surface area contributed by atoms with Crippen LogP contribution < -0.4 is 10.6 Å². The number of rotatable bonds is 7. The summed E-state index contributed by atoms with van der Waals surface area (Å²) in [6.07, 6.45) is 1.81. The van der Waals surface area contributed by atoms with Crippen LogP contribution in [0.1, 0.15) is 42.7 Å². The van der Waals surface area contributed by atoms with Gasteiger partial charge in [0.05, 0.1) is 0 Å². The number of nitrogens with zero attached hydrogens (tertiary/aromatic N) is 2. The number of carbonyl (C=O) groups is 2. The van der Waals surface area contributed by atoms with Crippen LogP contribution in [0, 0.1) is 6.92 Å². The summed E-state index contributed by atoms with van der Waals surface area (Å²) >= 11 is 1.24. The zero-order chi connectivity index (χ0) is 18.2. The van der Waals surface area contributed by atoms with Gasteiger partial charge < -0.3 is 10.2 Å². The Kier molecular flexibility index (Phi) is 6.94. The van der Waals surface area contributed by atoms with Crippen LogP contribution in [0.25, 0.3) is 0 Å². The molecule has 0 spiro atoms. The largest absolute Gasteiger partial charge is 0.337 e. The van der Waals surface area contributed by atoms with E-state index in [0.29, 0.717) is 29.6 Å². The van der Waals surface area contributed by atoms with Gasteiger partial charge in [-0.15, -0.1) is 11.3 Å². The van der Waals surface area contributed by atoms with Gasteiger partial charge >= 0.3 is 6.03 Å². The molecule has 1 heterocycles. The second-order valence-electron chi connectivity index (χ2n) is 5.78. The Labute approximate surface area is 152 Å². The van der Waals surface area contributed by atoms with Crippen LogP contribution in [0.4, 0.5) is 15.6 Å². The maximum Gasteiger partial charge on any atom is 0.325 e. The molecule has 2 aromatic rings. The molecule has 25 heavy (non-hydrogen) atoms. The van der Waals surface area contributed by atoms with Crippen molar-refractivity contribution in [2.24, 2.45) is 0 Å². The highest BCUT2D eigenvalue weighted by atomic mass is 32.1. The van der Waals surface area contributed by atoms with Gasteiger partial charge in [0.1, 0.15) is 5.69 Å². The maximum absolute atomic E-state index is 12.5. The predicted octanol–water partition coefficient (Wildman–Crippen LogP) is 4.36. The van der Waals surface area contributed by atoms with Crippen LogP contribution >= 0.6 is 11.3 Å². The van der Waals surface area contributed by atoms with E-state index in [2.05, 4.69) is 15.6 Å². The number of aryl methyl sites for hydroxylation is 1. The minimum absolute atomic E-state index is 0.0908. The number of hydrogen-bond acceptors (Lipinski definition) is 4. The number of urea groups is 1. The first-order valence-corrected chi connectivity index (χ1v) is 9.31. The van der Waals surface area contributed by atoms with E-state index < -0.39 is 0 Å². The predicted molar refractivity (Wildman–Crippen MR) is 102 cm³/mol. The monoisotopic (exact) mass is 360 g/mol. The minimum atomic E-state index is -0.379. The summed E-state index contributed by atoms with van der Waals surface area (Å²) in [6, 6.07) is 7.13. The lowest BCUT2D eigenvalue weighted by atomic mass is 10.2. The van der Waals surface area contributed by atoms with Crippen LogP contribution in [0.2, 0.25) is 0 Å². The molecule has 2 rings (SSSR count). The lowest BCUT2D eigenvalue weighted by Crippen LogP contribution is -2.32. The minimum Gasteiger partial charge on any atom is -0.337 e. The van der Waals surface area contributed by atoms with Crippen molar-refractivity contribution in [3.63, 3.8) is 0 Å². The van der Waals surface area contributed by atoms with Crippen molar-refractivity contribution in [1.82, 2.24) is 9.88 Å². The van der Waals surface area contributed by atoms with E-state index in [1.165, 1.54) is 11.3 Å². The molecule has 0 aliphatic carbocycles. The highest BCUT2D eigenvalue weighted by molar-refractivity contribution is 7.14. The van der Waals surface area contributed by atoms with Crippen LogP contribution in [-0.2, 0) is 0 Å². The molecule has 0 saturated carbocycles. The Morgan fingerprint density at radius 1 is 1.08 bits per heavy atom. The highest BCUT2D eigenvalue weighted by Crippen LogP contribution is 2.18. The number of aromatic nitrogens is 1. The van der Waals surface area contributed by atoms with Gasteiger partial charge in [0, 0.05) is 24.2 Å². The fourth-order valence-electron chi connectivity index (χ4n) is 2.34. The second kappa shape index (κ2) is 9.17. The van der Waals surface area contributed by atoms with E-state index in [1.54, 1.807) is 10.3 Å². The second-order valence-corrected chi connectivity index (χ2v) is 6.63. The fraction of sp³-hybridized carbons (Fsp3) is 0.389. The van der Waals surface area contributed by atoms with Crippen molar-refractivity contribution < 1.29 is 9.59 Å². The molecule has 0 atom stereocenters. The van der Waals surface area contributed by atoms with Gasteiger partial charge in [-0.1, -0.05) is 31.5 Å². The number of carbonyl (C=O) groups excluding carboxylic acids is 2. The topological polar surface area (TPSA) is 74.3 Å². The van der Waals surface area contributed by atoms with Crippen molar-refractivity contribution >= 4 is 34.1 Å². The molecule has 1 aromatic heterocycles. The van der Waals surface area contributed by atoms with Gasteiger partial charge in [-0.25, -0.2) is 9.78 Å². The van der Waals surface area contributed by atoms with E-state index in [0.717, 1.165) is 18.4 Å². The summed E-state index contributed by atoms with van der Waals surface area (Å²) in [5, 5.41) is 7.50. The summed E-state index contributed by atoms with van der Waals surface area (Å²) in [4.78, 5) is 30.6. The van der Waals surface area contributed by atoms with E-state index in [1.807, 2.05) is 45.0 Å². The lowest BCUT2D eigenvalue weighted by molar-refractivity contribution is 0.0750. The van der Waals surface area contributed by atoms with Crippen molar-refractivity contribution in [1.29, 1.82) is 0 Å². The van der Waals surface area contributed by atoms with Crippen LogP contribution in [0.5, 0.6) is 0 Å². The molecule has 0 aliphatic heterocycles. The van der Waals surface area contributed by atoms with Crippen LogP contribution in [0.3, 0.4) is 0 Å². The molecule has 3 amide bonds. The van der Waals surface area contributed by atoms with Crippen molar-refractivity contribution in [2.75, 3.05) is 23.7 Å². The van der Waals surface area contributed by atoms with Crippen molar-refractivity contribution in [3.8, 4) is 0 Å². The van der Waals surface area contributed by atoms with E-state index in [9.17, 15) is 9.59 Å². The van der Waals surface area contributed by atoms with Gasteiger partial charge in [0.15, 0.2) is 5.13 Å². The van der Waals surface area contributed by atoms with Crippen LogP contribution in [0.15, 0.2) is 29.6 Å². The first-order valence-electron chi connectivity index (χ1n) is 8.43. The molecular formula is C18H24N4O2S. The van der Waals surface area contributed by atoms with Crippen molar-refractivity contribution in [3.05, 3.63) is 40.9 Å². The smallest absolute Gasteiger partial charge is 0.325 e. The molecule has 0 unspecified atom stereocenters. The number of thiazole rings is 1. The number of anilines is 2. The molecular weight excluding hydrogens is 336 g/mol.